The molecular formula is C16H14N4. The zero-order valence-electron chi connectivity index (χ0n) is 10.8. The van der Waals surface area contributed by atoms with Crippen molar-refractivity contribution in [3.8, 4) is 11.1 Å². The molecular weight excluding hydrogens is 248 g/mol. The van der Waals surface area contributed by atoms with Crippen molar-refractivity contribution in [2.75, 3.05) is 11.1 Å². The summed E-state index contributed by atoms with van der Waals surface area (Å²) in [6.07, 6.45) is 3.17. The number of para-hydroxylation sites is 1. The fourth-order valence-corrected chi connectivity index (χ4v) is 1.98. The molecule has 3 aromatic rings. The predicted molar refractivity (Wildman–Crippen MR) is 81.6 cm³/mol. The molecule has 0 saturated heterocycles. The number of nitrogens with two attached hydrogens (primary N) is 1. The van der Waals surface area contributed by atoms with Gasteiger partial charge in [-0.25, -0.2) is 9.97 Å². The molecule has 0 bridgehead atoms. The van der Waals surface area contributed by atoms with Crippen LogP contribution in [-0.2, 0) is 0 Å². The lowest BCUT2D eigenvalue weighted by molar-refractivity contribution is 1.17. The number of anilines is 3. The summed E-state index contributed by atoms with van der Waals surface area (Å²) in [6, 6.07) is 18.2. The minimum atomic E-state index is 0.530. The average Bonchev–Trinajstić information content (AvgIpc) is 2.51. The number of rotatable bonds is 3. The summed E-state index contributed by atoms with van der Waals surface area (Å²) in [7, 11) is 0. The first-order valence-electron chi connectivity index (χ1n) is 6.32. The molecule has 0 aliphatic rings. The number of nitrogens with one attached hydrogen (secondary N) is 1. The summed E-state index contributed by atoms with van der Waals surface area (Å²) >= 11 is 0. The number of nitrogen functional groups attached to an aromatic ring is 1. The monoisotopic (exact) mass is 262 g/mol. The lowest BCUT2D eigenvalue weighted by Gasteiger charge is -2.11. The van der Waals surface area contributed by atoms with Crippen molar-refractivity contribution in [3.63, 3.8) is 0 Å². The highest BCUT2D eigenvalue weighted by molar-refractivity contribution is 5.79. The van der Waals surface area contributed by atoms with Gasteiger partial charge < -0.3 is 11.1 Å². The Hall–Kier alpha value is -2.88. The summed E-state index contributed by atoms with van der Waals surface area (Å²) in [4.78, 5) is 8.32. The van der Waals surface area contributed by atoms with E-state index in [9.17, 15) is 0 Å². The Bertz CT molecular complexity index is 693. The molecule has 1 aromatic heterocycles. The fraction of sp³-hybridized carbons (Fsp3) is 0. The quantitative estimate of drug-likeness (QED) is 0.758. The average molecular weight is 262 g/mol. The first kappa shape index (κ1) is 12.2. The molecule has 4 nitrogen and oxygen atoms in total. The standard InChI is InChI=1S/C16H14N4/c17-13-10-18-16(19-11-13)20-15-9-5-4-8-14(15)12-6-2-1-3-7-12/h1-11H,17H2,(H,18,19,20). The Kier molecular flexibility index (Phi) is 3.29. The van der Waals surface area contributed by atoms with Crippen LogP contribution in [0.5, 0.6) is 0 Å². The molecule has 20 heavy (non-hydrogen) atoms. The van der Waals surface area contributed by atoms with E-state index in [1.54, 1.807) is 12.4 Å². The van der Waals surface area contributed by atoms with Gasteiger partial charge in [-0.15, -0.1) is 0 Å². The van der Waals surface area contributed by atoms with E-state index in [-0.39, 0.29) is 0 Å². The highest BCUT2D eigenvalue weighted by Gasteiger charge is 2.05. The highest BCUT2D eigenvalue weighted by Crippen LogP contribution is 2.28. The minimum absolute atomic E-state index is 0.530. The van der Waals surface area contributed by atoms with E-state index >= 15 is 0 Å². The third kappa shape index (κ3) is 2.59. The third-order valence-corrected chi connectivity index (χ3v) is 2.93. The molecule has 0 radical (unpaired) electrons. The molecule has 1 heterocycles. The van der Waals surface area contributed by atoms with E-state index in [1.807, 2.05) is 36.4 Å². The van der Waals surface area contributed by atoms with E-state index in [0.717, 1.165) is 16.8 Å². The van der Waals surface area contributed by atoms with Gasteiger partial charge in [0.25, 0.3) is 0 Å². The second kappa shape index (κ2) is 5.40. The van der Waals surface area contributed by atoms with Crippen LogP contribution in [0.2, 0.25) is 0 Å². The van der Waals surface area contributed by atoms with Gasteiger partial charge >= 0.3 is 0 Å². The van der Waals surface area contributed by atoms with Crippen molar-refractivity contribution in [1.29, 1.82) is 0 Å². The molecule has 0 spiro atoms. The zero-order chi connectivity index (χ0) is 13.8. The second-order valence-corrected chi connectivity index (χ2v) is 4.38. The Morgan fingerprint density at radius 2 is 1.45 bits per heavy atom. The van der Waals surface area contributed by atoms with Crippen LogP contribution >= 0.6 is 0 Å². The Morgan fingerprint density at radius 3 is 2.20 bits per heavy atom. The van der Waals surface area contributed by atoms with E-state index in [2.05, 4.69) is 33.5 Å². The summed E-state index contributed by atoms with van der Waals surface area (Å²) in [5, 5.41) is 3.22. The fourth-order valence-electron chi connectivity index (χ4n) is 1.98. The SMILES string of the molecule is Nc1cnc(Nc2ccccc2-c2ccccc2)nc1. The van der Waals surface area contributed by atoms with Crippen molar-refractivity contribution in [3.05, 3.63) is 67.0 Å². The van der Waals surface area contributed by atoms with Crippen molar-refractivity contribution in [1.82, 2.24) is 9.97 Å². The van der Waals surface area contributed by atoms with Gasteiger partial charge in [0.05, 0.1) is 18.1 Å². The first-order chi connectivity index (χ1) is 9.83. The molecule has 0 saturated carbocycles. The topological polar surface area (TPSA) is 63.8 Å². The molecule has 2 aromatic carbocycles. The molecule has 0 unspecified atom stereocenters. The van der Waals surface area contributed by atoms with Crippen LogP contribution in [0.25, 0.3) is 11.1 Å². The molecule has 0 fully saturated rings. The maximum atomic E-state index is 5.59. The van der Waals surface area contributed by atoms with Crippen LogP contribution < -0.4 is 11.1 Å². The highest BCUT2D eigenvalue weighted by atomic mass is 15.1. The Morgan fingerprint density at radius 1 is 0.800 bits per heavy atom. The van der Waals surface area contributed by atoms with Gasteiger partial charge in [0, 0.05) is 11.3 Å². The number of nitrogens with zero attached hydrogens (tertiary/aromatic N) is 2. The summed E-state index contributed by atoms with van der Waals surface area (Å²) in [5.74, 6) is 0.530. The van der Waals surface area contributed by atoms with Gasteiger partial charge in [-0.2, -0.15) is 0 Å². The third-order valence-electron chi connectivity index (χ3n) is 2.93. The maximum absolute atomic E-state index is 5.59. The van der Waals surface area contributed by atoms with Crippen LogP contribution in [0.3, 0.4) is 0 Å². The summed E-state index contributed by atoms with van der Waals surface area (Å²) in [5.41, 5.74) is 9.35. The lowest BCUT2D eigenvalue weighted by atomic mass is 10.0. The van der Waals surface area contributed by atoms with E-state index in [4.69, 9.17) is 5.73 Å². The van der Waals surface area contributed by atoms with Crippen molar-refractivity contribution >= 4 is 17.3 Å². The summed E-state index contributed by atoms with van der Waals surface area (Å²) in [6.45, 7) is 0. The number of aromatic nitrogens is 2. The van der Waals surface area contributed by atoms with Gasteiger partial charge in [-0.1, -0.05) is 48.5 Å². The Labute approximate surface area is 117 Å². The smallest absolute Gasteiger partial charge is 0.227 e. The van der Waals surface area contributed by atoms with Crippen molar-refractivity contribution in [2.24, 2.45) is 0 Å². The molecule has 0 aliphatic carbocycles. The van der Waals surface area contributed by atoms with Crippen LogP contribution in [0.1, 0.15) is 0 Å². The van der Waals surface area contributed by atoms with Crippen LogP contribution in [-0.4, -0.2) is 9.97 Å². The second-order valence-electron chi connectivity index (χ2n) is 4.38. The summed E-state index contributed by atoms with van der Waals surface area (Å²) < 4.78 is 0. The first-order valence-corrected chi connectivity index (χ1v) is 6.32. The normalized spacial score (nSPS) is 10.2. The van der Waals surface area contributed by atoms with Crippen LogP contribution in [0.15, 0.2) is 67.0 Å². The predicted octanol–water partition coefficient (Wildman–Crippen LogP) is 3.47. The molecule has 4 heteroatoms. The van der Waals surface area contributed by atoms with Crippen molar-refractivity contribution < 1.29 is 0 Å². The van der Waals surface area contributed by atoms with Crippen LogP contribution in [0.4, 0.5) is 17.3 Å². The van der Waals surface area contributed by atoms with Gasteiger partial charge in [0.2, 0.25) is 5.95 Å². The number of benzene rings is 2. The van der Waals surface area contributed by atoms with Crippen molar-refractivity contribution in [2.45, 2.75) is 0 Å². The van der Waals surface area contributed by atoms with Gasteiger partial charge in [0.15, 0.2) is 0 Å². The number of hydrogen-bond donors (Lipinski definition) is 2. The largest absolute Gasteiger partial charge is 0.396 e. The molecule has 98 valence electrons. The molecule has 0 atom stereocenters. The van der Waals surface area contributed by atoms with E-state index in [0.29, 0.717) is 11.6 Å². The van der Waals surface area contributed by atoms with Gasteiger partial charge in [-0.3, -0.25) is 0 Å². The zero-order valence-corrected chi connectivity index (χ0v) is 10.8. The van der Waals surface area contributed by atoms with Gasteiger partial charge in [0.1, 0.15) is 0 Å². The molecule has 0 aliphatic heterocycles. The van der Waals surface area contributed by atoms with E-state index in [1.165, 1.54) is 0 Å². The molecule has 3 rings (SSSR count). The Balaban J connectivity index is 1.96. The van der Waals surface area contributed by atoms with Crippen LogP contribution in [0, 0.1) is 0 Å². The number of hydrogen-bond acceptors (Lipinski definition) is 4. The maximum Gasteiger partial charge on any atom is 0.227 e. The molecule has 3 N–H and O–H groups in total. The van der Waals surface area contributed by atoms with E-state index < -0.39 is 0 Å². The van der Waals surface area contributed by atoms with Gasteiger partial charge in [-0.05, 0) is 11.6 Å². The lowest BCUT2D eigenvalue weighted by Crippen LogP contribution is -1.99. The minimum Gasteiger partial charge on any atom is -0.396 e. The molecule has 0 amide bonds.